The second-order valence-corrected chi connectivity index (χ2v) is 25.8. The molecule has 524 valence electrons. The van der Waals surface area contributed by atoms with Gasteiger partial charge in [0.25, 0.3) is 0 Å². The summed E-state index contributed by atoms with van der Waals surface area (Å²) in [5.74, 6) is -1.39. The van der Waals surface area contributed by atoms with Crippen molar-refractivity contribution in [1.82, 2.24) is 0 Å². The predicted octanol–water partition coefficient (Wildman–Crippen LogP) is 1.59. The minimum atomic E-state index is -5.75. The maximum atomic E-state index is 14.3. The van der Waals surface area contributed by atoms with Crippen LogP contribution in [0.15, 0.2) is 0 Å². The van der Waals surface area contributed by atoms with Gasteiger partial charge in [-0.25, -0.2) is 4.57 Å². The van der Waals surface area contributed by atoms with Crippen molar-refractivity contribution < 1.29 is 137 Å². The molecule has 0 aromatic rings. The fourth-order valence-electron chi connectivity index (χ4n) is 11.4. The highest BCUT2D eigenvalue weighted by molar-refractivity contribution is 7.47. The Morgan fingerprint density at radius 2 is 0.742 bits per heavy atom. The molecule has 0 bridgehead atoms. The zero-order valence-corrected chi connectivity index (χ0v) is 53.1. The van der Waals surface area contributed by atoms with Crippen molar-refractivity contribution >= 4 is 19.8 Å². The number of ether oxygens (including phenoxy) is 8. The first-order valence-electron chi connectivity index (χ1n) is 32.9. The van der Waals surface area contributed by atoms with Crippen LogP contribution in [0.25, 0.3) is 0 Å². The summed E-state index contributed by atoms with van der Waals surface area (Å²) in [5, 5.41) is 150. The molecule has 3 aliphatic heterocycles. The zero-order chi connectivity index (χ0) is 65.5. The van der Waals surface area contributed by atoms with Crippen LogP contribution >= 0.6 is 7.82 Å². The Balaban J connectivity index is 1.49. The first-order chi connectivity index (χ1) is 42.6. The van der Waals surface area contributed by atoms with Crippen molar-refractivity contribution in [1.29, 1.82) is 0 Å². The monoisotopic (exact) mass is 1310 g/mol. The third-order valence-electron chi connectivity index (χ3n) is 17.0. The Morgan fingerprint density at radius 3 is 1.15 bits per heavy atom. The van der Waals surface area contributed by atoms with Gasteiger partial charge in [0.2, 0.25) is 0 Å². The number of phosphoric acid groups is 1. The normalized spacial score (nSPS) is 34.5. The van der Waals surface area contributed by atoms with Crippen LogP contribution in [-0.2, 0) is 61.1 Å². The van der Waals surface area contributed by atoms with E-state index in [2.05, 4.69) is 13.8 Å². The van der Waals surface area contributed by atoms with Crippen molar-refractivity contribution in [3.8, 4) is 0 Å². The lowest BCUT2D eigenvalue weighted by molar-refractivity contribution is -0.364. The van der Waals surface area contributed by atoms with Crippen LogP contribution in [0.4, 0.5) is 0 Å². The molecular formula is C60H111O28P. The van der Waals surface area contributed by atoms with E-state index in [1.54, 1.807) is 0 Å². The molecule has 0 aromatic heterocycles. The van der Waals surface area contributed by atoms with Gasteiger partial charge in [-0.05, 0) is 12.8 Å². The first-order valence-corrected chi connectivity index (χ1v) is 34.4. The average Bonchev–Trinajstić information content (AvgIpc) is 0.922. The Kier molecular flexibility index (Phi) is 38.8. The molecule has 0 aromatic carbocycles. The van der Waals surface area contributed by atoms with Gasteiger partial charge in [0.05, 0.1) is 26.4 Å². The molecule has 3 saturated heterocycles. The molecule has 1 aliphatic carbocycles. The van der Waals surface area contributed by atoms with Crippen LogP contribution in [0.5, 0.6) is 0 Å². The summed E-state index contributed by atoms with van der Waals surface area (Å²) in [6.45, 7) is 0.0714. The summed E-state index contributed by atoms with van der Waals surface area (Å²) in [6.07, 6.45) is -16.2. The van der Waals surface area contributed by atoms with Gasteiger partial charge in [0, 0.05) is 12.8 Å². The van der Waals surface area contributed by atoms with Gasteiger partial charge in [0.15, 0.2) is 25.0 Å². The van der Waals surface area contributed by atoms with Crippen molar-refractivity contribution in [2.45, 2.75) is 335 Å². The number of hydrogen-bond donors (Lipinski definition) is 15. The van der Waals surface area contributed by atoms with Crippen LogP contribution in [0.1, 0.15) is 200 Å². The highest BCUT2D eigenvalue weighted by Crippen LogP contribution is 2.49. The molecular weight excluding hydrogens is 1200 g/mol. The molecule has 1 saturated carbocycles. The van der Waals surface area contributed by atoms with Gasteiger partial charge in [-0.1, -0.05) is 174 Å². The van der Waals surface area contributed by atoms with E-state index in [9.17, 15) is 90.5 Å². The second-order valence-electron chi connectivity index (χ2n) is 24.4. The van der Waals surface area contributed by atoms with Crippen LogP contribution in [0, 0.1) is 0 Å². The van der Waals surface area contributed by atoms with E-state index < -0.39 is 188 Å². The van der Waals surface area contributed by atoms with Gasteiger partial charge in [-0.2, -0.15) is 0 Å². The molecule has 0 spiro atoms. The van der Waals surface area contributed by atoms with E-state index in [1.165, 1.54) is 96.3 Å². The van der Waals surface area contributed by atoms with Gasteiger partial charge >= 0.3 is 19.8 Å². The molecule has 15 N–H and O–H groups in total. The third kappa shape index (κ3) is 27.1. The summed E-state index contributed by atoms with van der Waals surface area (Å²) < 4.78 is 69.8. The van der Waals surface area contributed by atoms with Gasteiger partial charge in [-0.3, -0.25) is 18.6 Å². The molecule has 89 heavy (non-hydrogen) atoms. The number of esters is 2. The van der Waals surface area contributed by atoms with Crippen molar-refractivity contribution in [3.05, 3.63) is 0 Å². The molecule has 29 heteroatoms. The Hall–Kier alpha value is -1.75. The summed E-state index contributed by atoms with van der Waals surface area (Å²) in [7, 11) is -5.75. The molecule has 10 unspecified atom stereocenters. The maximum Gasteiger partial charge on any atom is 0.472 e. The van der Waals surface area contributed by atoms with Gasteiger partial charge in [0.1, 0.15) is 116 Å². The van der Waals surface area contributed by atoms with E-state index in [4.69, 9.17) is 46.9 Å². The molecule has 0 radical (unpaired) electrons. The Labute approximate surface area is 523 Å². The van der Waals surface area contributed by atoms with E-state index in [1.807, 2.05) is 0 Å². The minimum absolute atomic E-state index is 0.0247. The van der Waals surface area contributed by atoms with E-state index in [-0.39, 0.29) is 12.8 Å². The quantitative estimate of drug-likeness (QED) is 0.0234. The van der Waals surface area contributed by atoms with Gasteiger partial charge in [-0.15, -0.1) is 0 Å². The number of carbonyl (C=O) groups is 2. The SMILES string of the molecule is CCCCCCCCCCCCCCCCC(=O)OC[C@H](COP(=O)(O)O[C@@H]1C(O[C@@H]2OC(CO[C@@H]3OC(CO)[C@H](O)C(O)[C@@H]3O)[C@H](O)C(O)[C@@H]2O)C(O)[C@@H](O)C(O)[C@H]1O[C@H]1OC(CO)[C@@H](O)C(O)[C@H]1O)OC(=O)CCCCCCCCCCCCCCC. The van der Waals surface area contributed by atoms with Crippen LogP contribution in [0.3, 0.4) is 0 Å². The lowest BCUT2D eigenvalue weighted by Gasteiger charge is -2.49. The number of carbonyl (C=O) groups excluding carboxylic acids is 2. The first kappa shape index (κ1) is 79.7. The summed E-state index contributed by atoms with van der Waals surface area (Å²) in [5.41, 5.74) is 0. The standard InChI is InChI=1S/C60H111O28P/c1-3-5-7-9-11-13-15-17-19-20-22-24-26-28-30-41(63)79-34-37(82-42(64)31-29-27-25-23-21-18-16-14-12-10-8-6-4-2)35-81-89(77,78)88-57-55(86-59-53(75)47(69)44(66)39(33-62)84-59)50(72)49(71)51(73)56(57)87-60-54(76)48(70)45(67)40(85-60)36-80-58-52(74)46(68)43(65)38(32-61)83-58/h37-40,43-62,65-76H,3-36H2,1-2H3,(H,77,78)/t37-,38?,39?,40?,43+,44-,45+,46?,47?,48?,49+,50?,51?,52+,53-,54+,55-,56?,57+,58-,59-,60+/m1/s1. The molecule has 3 heterocycles. The molecule has 4 rings (SSSR count). The summed E-state index contributed by atoms with van der Waals surface area (Å²) in [6, 6.07) is 0. The van der Waals surface area contributed by atoms with Crippen molar-refractivity contribution in [2.75, 3.05) is 33.0 Å². The smallest absolute Gasteiger partial charge is 0.462 e. The predicted molar refractivity (Wildman–Crippen MR) is 315 cm³/mol. The molecule has 4 fully saturated rings. The Bertz CT molecular complexity index is 1930. The number of rotatable bonds is 46. The fraction of sp³-hybridized carbons (Fsp3) is 0.967. The van der Waals surface area contributed by atoms with Crippen LogP contribution in [-0.4, -0.2) is 256 Å². The van der Waals surface area contributed by atoms with E-state index >= 15 is 0 Å². The minimum Gasteiger partial charge on any atom is -0.462 e. The second kappa shape index (κ2) is 43.3. The molecule has 28 nitrogen and oxygen atoms in total. The summed E-state index contributed by atoms with van der Waals surface area (Å²) >= 11 is 0. The number of aliphatic hydroxyl groups is 14. The van der Waals surface area contributed by atoms with Crippen LogP contribution < -0.4 is 0 Å². The molecule has 4 aliphatic rings. The lowest BCUT2D eigenvalue weighted by Crippen LogP contribution is -2.69. The number of unbranched alkanes of at least 4 members (excludes halogenated alkanes) is 25. The molecule has 0 amide bonds. The van der Waals surface area contributed by atoms with Crippen LogP contribution in [0.2, 0.25) is 0 Å². The Morgan fingerprint density at radius 1 is 0.404 bits per heavy atom. The lowest BCUT2D eigenvalue weighted by atomic mass is 9.84. The highest BCUT2D eigenvalue weighted by Gasteiger charge is 2.58. The number of aliphatic hydroxyl groups excluding tert-OH is 14. The number of hydrogen-bond acceptors (Lipinski definition) is 27. The highest BCUT2D eigenvalue weighted by atomic mass is 31.2. The van der Waals surface area contributed by atoms with Gasteiger partial charge < -0.3 is 114 Å². The summed E-state index contributed by atoms with van der Waals surface area (Å²) in [4.78, 5) is 37.9. The maximum absolute atomic E-state index is 14.3. The third-order valence-corrected chi connectivity index (χ3v) is 18.0. The topological polar surface area (TPSA) is 447 Å². The molecule has 23 atom stereocenters. The van der Waals surface area contributed by atoms with Crippen molar-refractivity contribution in [2.24, 2.45) is 0 Å². The van der Waals surface area contributed by atoms with E-state index in [0.29, 0.717) is 19.3 Å². The number of phosphoric ester groups is 1. The largest absolute Gasteiger partial charge is 0.472 e. The average molecular weight is 1310 g/mol. The zero-order valence-electron chi connectivity index (χ0n) is 52.2. The van der Waals surface area contributed by atoms with Crippen molar-refractivity contribution in [3.63, 3.8) is 0 Å². The fourth-order valence-corrected chi connectivity index (χ4v) is 12.3. The van der Waals surface area contributed by atoms with E-state index in [0.717, 1.165) is 57.8 Å².